The van der Waals surface area contributed by atoms with Crippen LogP contribution in [0.5, 0.6) is 11.5 Å². The van der Waals surface area contributed by atoms with Crippen molar-refractivity contribution in [2.45, 2.75) is 0 Å². The number of carboxylic acids is 1. The van der Waals surface area contributed by atoms with E-state index in [0.717, 1.165) is 0 Å². The maximum atomic E-state index is 12.6. The molecule has 0 fully saturated rings. The van der Waals surface area contributed by atoms with Gasteiger partial charge in [-0.05, 0) is 0 Å². The molecule has 0 atom stereocenters. The third-order valence-electron chi connectivity index (χ3n) is 1.34. The van der Waals surface area contributed by atoms with Crippen LogP contribution in [0.25, 0.3) is 0 Å². The molecule has 14 heavy (non-hydrogen) atoms. The number of aliphatic carboxylic acids is 1. The Kier molecular flexibility index (Phi) is 2.85. The first-order valence-corrected chi connectivity index (χ1v) is 3.53. The van der Waals surface area contributed by atoms with E-state index < -0.39 is 35.7 Å². The molecule has 0 bridgehead atoms. The Balaban J connectivity index is 2.90. The number of ether oxygens (including phenoxy) is 1. The van der Waals surface area contributed by atoms with Gasteiger partial charge in [-0.3, -0.25) is 0 Å². The first-order chi connectivity index (χ1) is 6.50. The highest BCUT2D eigenvalue weighted by Crippen LogP contribution is 2.29. The molecule has 0 saturated heterocycles. The Morgan fingerprint density at radius 2 is 2.07 bits per heavy atom. The molecular formula is C8H6F2O4. The molecule has 0 amide bonds. The van der Waals surface area contributed by atoms with Gasteiger partial charge in [0, 0.05) is 12.1 Å². The molecule has 76 valence electrons. The van der Waals surface area contributed by atoms with E-state index >= 15 is 0 Å². The van der Waals surface area contributed by atoms with Crippen molar-refractivity contribution >= 4 is 5.97 Å². The predicted molar refractivity (Wildman–Crippen MR) is 41.2 cm³/mol. The monoisotopic (exact) mass is 204 g/mol. The molecule has 0 unspecified atom stereocenters. The highest BCUT2D eigenvalue weighted by atomic mass is 19.1. The normalized spacial score (nSPS) is 9.86. The van der Waals surface area contributed by atoms with Crippen LogP contribution < -0.4 is 4.74 Å². The van der Waals surface area contributed by atoms with Gasteiger partial charge in [0.1, 0.15) is 5.82 Å². The van der Waals surface area contributed by atoms with Crippen LogP contribution in [0.3, 0.4) is 0 Å². The summed E-state index contributed by atoms with van der Waals surface area (Å²) in [6.45, 7) is -0.781. The number of hydrogen-bond donors (Lipinski definition) is 2. The summed E-state index contributed by atoms with van der Waals surface area (Å²) < 4.78 is 29.6. The summed E-state index contributed by atoms with van der Waals surface area (Å²) in [6.07, 6.45) is 0. The van der Waals surface area contributed by atoms with Crippen molar-refractivity contribution in [3.05, 3.63) is 23.8 Å². The lowest BCUT2D eigenvalue weighted by Crippen LogP contribution is -2.09. The van der Waals surface area contributed by atoms with Crippen LogP contribution in [0, 0.1) is 11.6 Å². The summed E-state index contributed by atoms with van der Waals surface area (Å²) >= 11 is 0. The smallest absolute Gasteiger partial charge is 0.341 e. The molecule has 1 aromatic carbocycles. The van der Waals surface area contributed by atoms with Gasteiger partial charge in [0.05, 0.1) is 0 Å². The van der Waals surface area contributed by atoms with Gasteiger partial charge >= 0.3 is 5.97 Å². The van der Waals surface area contributed by atoms with Gasteiger partial charge in [-0.1, -0.05) is 0 Å². The van der Waals surface area contributed by atoms with Gasteiger partial charge in [0.2, 0.25) is 0 Å². The first-order valence-electron chi connectivity index (χ1n) is 3.53. The van der Waals surface area contributed by atoms with Crippen LogP contribution in [0.4, 0.5) is 8.78 Å². The lowest BCUT2D eigenvalue weighted by Gasteiger charge is -2.05. The standard InChI is InChI=1S/C8H6F2O4/c9-4-1-5(10)8(13)6(2-4)14-3-7(11)12/h1-2,13H,3H2,(H,11,12). The van der Waals surface area contributed by atoms with Crippen molar-refractivity contribution in [1.82, 2.24) is 0 Å². The van der Waals surface area contributed by atoms with Gasteiger partial charge in [0.25, 0.3) is 0 Å². The van der Waals surface area contributed by atoms with E-state index in [1.807, 2.05) is 0 Å². The molecule has 0 aliphatic carbocycles. The molecular weight excluding hydrogens is 198 g/mol. The zero-order chi connectivity index (χ0) is 10.7. The van der Waals surface area contributed by atoms with Crippen molar-refractivity contribution in [1.29, 1.82) is 0 Å². The maximum absolute atomic E-state index is 12.6. The zero-order valence-corrected chi connectivity index (χ0v) is 6.83. The zero-order valence-electron chi connectivity index (χ0n) is 6.83. The van der Waals surface area contributed by atoms with E-state index in [2.05, 4.69) is 4.74 Å². The summed E-state index contributed by atoms with van der Waals surface area (Å²) in [4.78, 5) is 10.1. The third-order valence-corrected chi connectivity index (χ3v) is 1.34. The Morgan fingerprint density at radius 3 is 2.64 bits per heavy atom. The summed E-state index contributed by atoms with van der Waals surface area (Å²) in [5, 5.41) is 17.2. The fourth-order valence-electron chi connectivity index (χ4n) is 0.792. The molecule has 2 N–H and O–H groups in total. The van der Waals surface area contributed by atoms with Gasteiger partial charge in [0.15, 0.2) is 23.9 Å². The van der Waals surface area contributed by atoms with Crippen LogP contribution in [0.1, 0.15) is 0 Å². The minimum atomic E-state index is -1.31. The molecule has 0 heterocycles. The molecule has 0 aromatic heterocycles. The second kappa shape index (κ2) is 3.91. The summed E-state index contributed by atoms with van der Waals surface area (Å²) in [7, 11) is 0. The molecule has 1 rings (SSSR count). The maximum Gasteiger partial charge on any atom is 0.341 e. The quantitative estimate of drug-likeness (QED) is 0.774. The molecule has 0 spiro atoms. The number of carbonyl (C=O) groups is 1. The molecule has 0 radical (unpaired) electrons. The number of benzene rings is 1. The number of aromatic hydroxyl groups is 1. The third kappa shape index (κ3) is 2.32. The molecule has 6 heteroatoms. The van der Waals surface area contributed by atoms with Gasteiger partial charge in [-0.2, -0.15) is 0 Å². The second-order valence-electron chi connectivity index (χ2n) is 2.42. The molecule has 1 aromatic rings. The van der Waals surface area contributed by atoms with Gasteiger partial charge in [-0.25, -0.2) is 13.6 Å². The number of phenols is 1. The number of hydrogen-bond acceptors (Lipinski definition) is 3. The lowest BCUT2D eigenvalue weighted by atomic mass is 10.3. The van der Waals surface area contributed by atoms with E-state index in [9.17, 15) is 13.6 Å². The summed E-state index contributed by atoms with van der Waals surface area (Å²) in [6, 6.07) is 1.16. The van der Waals surface area contributed by atoms with Crippen LogP contribution in [0.15, 0.2) is 12.1 Å². The van der Waals surface area contributed by atoms with Crippen molar-refractivity contribution in [3.8, 4) is 11.5 Å². The van der Waals surface area contributed by atoms with E-state index in [0.29, 0.717) is 12.1 Å². The number of rotatable bonds is 3. The van der Waals surface area contributed by atoms with Crippen LogP contribution >= 0.6 is 0 Å². The minimum absolute atomic E-state index is 0.461. The van der Waals surface area contributed by atoms with E-state index in [1.165, 1.54) is 0 Å². The van der Waals surface area contributed by atoms with Crippen molar-refractivity contribution < 1.29 is 28.5 Å². The predicted octanol–water partition coefficient (Wildman–Crippen LogP) is 1.13. The largest absolute Gasteiger partial charge is 0.502 e. The molecule has 0 saturated carbocycles. The topological polar surface area (TPSA) is 66.8 Å². The number of halogens is 2. The number of phenolic OH excluding ortho intramolecular Hbond substituents is 1. The first kappa shape index (κ1) is 10.2. The van der Waals surface area contributed by atoms with Crippen LogP contribution in [-0.2, 0) is 4.79 Å². The Hall–Kier alpha value is -1.85. The van der Waals surface area contributed by atoms with Crippen molar-refractivity contribution in [3.63, 3.8) is 0 Å². The Labute approximate surface area is 77.4 Å². The van der Waals surface area contributed by atoms with Crippen molar-refractivity contribution in [2.24, 2.45) is 0 Å². The van der Waals surface area contributed by atoms with E-state index in [4.69, 9.17) is 10.2 Å². The number of carboxylic acid groups (broad SMARTS) is 1. The average Bonchev–Trinajstić information content (AvgIpc) is 2.08. The van der Waals surface area contributed by atoms with Crippen LogP contribution in [-0.4, -0.2) is 22.8 Å². The fraction of sp³-hybridized carbons (Fsp3) is 0.125. The second-order valence-corrected chi connectivity index (χ2v) is 2.42. The highest BCUT2D eigenvalue weighted by molar-refractivity contribution is 5.68. The molecule has 0 aliphatic rings. The Bertz CT molecular complexity index is 365. The minimum Gasteiger partial charge on any atom is -0.502 e. The van der Waals surface area contributed by atoms with E-state index in [1.54, 1.807) is 0 Å². The average molecular weight is 204 g/mol. The molecule has 4 nitrogen and oxygen atoms in total. The van der Waals surface area contributed by atoms with Crippen molar-refractivity contribution in [2.75, 3.05) is 6.61 Å². The van der Waals surface area contributed by atoms with Crippen LogP contribution in [0.2, 0.25) is 0 Å². The van der Waals surface area contributed by atoms with Gasteiger partial charge in [-0.15, -0.1) is 0 Å². The highest BCUT2D eigenvalue weighted by Gasteiger charge is 2.12. The summed E-state index contributed by atoms with van der Waals surface area (Å²) in [5.74, 6) is -4.92. The SMILES string of the molecule is O=C(O)COc1cc(F)cc(F)c1O. The molecule has 0 aliphatic heterocycles. The van der Waals surface area contributed by atoms with E-state index in [-0.39, 0.29) is 0 Å². The van der Waals surface area contributed by atoms with Gasteiger partial charge < -0.3 is 14.9 Å². The Morgan fingerprint density at radius 1 is 1.43 bits per heavy atom. The lowest BCUT2D eigenvalue weighted by molar-refractivity contribution is -0.139. The fourth-order valence-corrected chi connectivity index (χ4v) is 0.792. The summed E-state index contributed by atoms with van der Waals surface area (Å²) in [5.41, 5.74) is 0.